The van der Waals surface area contributed by atoms with Crippen LogP contribution in [0.25, 0.3) is 0 Å². The molecule has 0 aliphatic rings. The van der Waals surface area contributed by atoms with Gasteiger partial charge in [-0.3, -0.25) is 10.9 Å². The van der Waals surface area contributed by atoms with Gasteiger partial charge in [0.25, 0.3) is 0 Å². The van der Waals surface area contributed by atoms with E-state index < -0.39 is 22.7 Å². The highest BCUT2D eigenvalue weighted by molar-refractivity contribution is 8.00. The van der Waals surface area contributed by atoms with Crippen molar-refractivity contribution >= 4 is 35.5 Å². The van der Waals surface area contributed by atoms with Gasteiger partial charge in [-0.1, -0.05) is 10.4 Å². The first-order valence-electron chi connectivity index (χ1n) is 6.52. The van der Waals surface area contributed by atoms with Crippen molar-refractivity contribution in [1.29, 1.82) is 0 Å². The summed E-state index contributed by atoms with van der Waals surface area (Å²) in [4.78, 5) is 21.9. The van der Waals surface area contributed by atoms with Crippen LogP contribution < -0.4 is 22.3 Å². The predicted octanol–water partition coefficient (Wildman–Crippen LogP) is -0.567. The summed E-state index contributed by atoms with van der Waals surface area (Å²) < 4.78 is 0. The molecule has 0 unspecified atom stereocenters. The number of nitrogens with two attached hydrogens (primary N) is 2. The van der Waals surface area contributed by atoms with Crippen molar-refractivity contribution in [3.05, 3.63) is 0 Å². The Bertz CT molecular complexity index is 328. The Kier molecular flexibility index (Phi) is 12.7. The minimum absolute atomic E-state index is 0.475. The van der Waals surface area contributed by atoms with Crippen molar-refractivity contribution in [1.82, 2.24) is 10.9 Å². The molecule has 0 spiro atoms. The standard InChI is InChI=1S/C10H22N6O4S2/c11-3-1-5-21-7(9(17)18)13-15-16-14-8(10(19)20)22-6-2-4-12/h7-8H,1-6,11-12H2,(H,13,16)(H,14,15)(H,17,18)(H,19,20)/t7-,8-/m0/s1. The summed E-state index contributed by atoms with van der Waals surface area (Å²) in [5.74, 6) is -1.05. The smallest absolute Gasteiger partial charge is 0.338 e. The van der Waals surface area contributed by atoms with Crippen LogP contribution in [-0.2, 0) is 9.59 Å². The maximum absolute atomic E-state index is 11.0. The SMILES string of the molecule is NCCCS[C@H](NN=NN[C@@H](SCCCN)C(=O)O)C(=O)O. The van der Waals surface area contributed by atoms with E-state index in [2.05, 4.69) is 21.3 Å². The molecule has 128 valence electrons. The quantitative estimate of drug-likeness (QED) is 0.102. The first-order chi connectivity index (χ1) is 10.5. The van der Waals surface area contributed by atoms with Gasteiger partial charge in [0.15, 0.2) is 10.7 Å². The zero-order chi connectivity index (χ0) is 16.8. The number of carboxylic acids is 2. The van der Waals surface area contributed by atoms with Gasteiger partial charge in [0.05, 0.1) is 0 Å². The maximum atomic E-state index is 11.0. The van der Waals surface area contributed by atoms with Gasteiger partial charge in [0.2, 0.25) is 0 Å². The van der Waals surface area contributed by atoms with Crippen LogP contribution in [0, 0.1) is 0 Å². The molecular formula is C10H22N6O4S2. The van der Waals surface area contributed by atoms with Gasteiger partial charge in [-0.05, 0) is 37.4 Å². The Morgan fingerprint density at radius 3 is 1.55 bits per heavy atom. The lowest BCUT2D eigenvalue weighted by atomic mass is 10.5. The summed E-state index contributed by atoms with van der Waals surface area (Å²) in [5.41, 5.74) is 15.3. The highest BCUT2D eigenvalue weighted by atomic mass is 32.2. The lowest BCUT2D eigenvalue weighted by molar-refractivity contribution is -0.138. The van der Waals surface area contributed by atoms with Crippen molar-refractivity contribution in [2.45, 2.75) is 23.6 Å². The largest absolute Gasteiger partial charge is 0.479 e. The number of carboxylic acid groups (broad SMARTS) is 2. The van der Waals surface area contributed by atoms with Crippen molar-refractivity contribution in [3.63, 3.8) is 0 Å². The van der Waals surface area contributed by atoms with Crippen molar-refractivity contribution in [3.8, 4) is 0 Å². The third-order valence-electron chi connectivity index (χ3n) is 2.11. The van der Waals surface area contributed by atoms with Crippen LogP contribution in [0.2, 0.25) is 0 Å². The second-order valence-corrected chi connectivity index (χ2v) is 6.35. The summed E-state index contributed by atoms with van der Waals surface area (Å²) in [6.45, 7) is 0.950. The maximum Gasteiger partial charge on any atom is 0.338 e. The molecule has 10 nitrogen and oxygen atoms in total. The molecule has 0 heterocycles. The van der Waals surface area contributed by atoms with Crippen molar-refractivity contribution in [2.75, 3.05) is 24.6 Å². The summed E-state index contributed by atoms with van der Waals surface area (Å²) >= 11 is 2.26. The van der Waals surface area contributed by atoms with Gasteiger partial charge in [-0.25, -0.2) is 9.59 Å². The van der Waals surface area contributed by atoms with E-state index in [1.54, 1.807) is 0 Å². The van der Waals surface area contributed by atoms with Gasteiger partial charge in [0.1, 0.15) is 0 Å². The lowest BCUT2D eigenvalue weighted by Crippen LogP contribution is -2.33. The normalized spacial score (nSPS) is 13.7. The monoisotopic (exact) mass is 354 g/mol. The fourth-order valence-corrected chi connectivity index (χ4v) is 2.73. The summed E-state index contributed by atoms with van der Waals surface area (Å²) in [7, 11) is 0. The van der Waals surface area contributed by atoms with E-state index in [-0.39, 0.29) is 0 Å². The zero-order valence-corrected chi connectivity index (χ0v) is 13.6. The Hall–Kier alpha value is -1.24. The summed E-state index contributed by atoms with van der Waals surface area (Å²) in [6, 6.07) is 0. The molecule has 0 aliphatic heterocycles. The van der Waals surface area contributed by atoms with Crippen LogP contribution in [0.4, 0.5) is 0 Å². The summed E-state index contributed by atoms with van der Waals surface area (Å²) in [6.07, 6.45) is 1.37. The topological polar surface area (TPSA) is 175 Å². The molecule has 0 fully saturated rings. The Balaban J connectivity index is 4.18. The molecule has 2 atom stereocenters. The minimum atomic E-state index is -1.09. The van der Waals surface area contributed by atoms with Crippen LogP contribution in [0.1, 0.15) is 12.8 Å². The van der Waals surface area contributed by atoms with Crippen molar-refractivity contribution < 1.29 is 19.8 Å². The Labute approximate surface area is 136 Å². The molecule has 22 heavy (non-hydrogen) atoms. The molecule has 0 saturated carbocycles. The molecule has 0 aromatic carbocycles. The number of hydrogen-bond acceptors (Lipinski definition) is 8. The lowest BCUT2D eigenvalue weighted by Gasteiger charge is -2.12. The average Bonchev–Trinajstić information content (AvgIpc) is 2.47. The van der Waals surface area contributed by atoms with Gasteiger partial charge in [-0.15, -0.1) is 23.5 Å². The Morgan fingerprint density at radius 1 is 0.909 bits per heavy atom. The molecule has 0 aromatic rings. The highest BCUT2D eigenvalue weighted by Crippen LogP contribution is 2.11. The number of rotatable bonds is 14. The van der Waals surface area contributed by atoms with Gasteiger partial charge < -0.3 is 21.7 Å². The zero-order valence-electron chi connectivity index (χ0n) is 12.0. The van der Waals surface area contributed by atoms with E-state index >= 15 is 0 Å². The third kappa shape index (κ3) is 10.5. The first-order valence-corrected chi connectivity index (χ1v) is 8.62. The van der Waals surface area contributed by atoms with Crippen LogP contribution in [0.15, 0.2) is 10.4 Å². The molecule has 0 aliphatic carbocycles. The second-order valence-electron chi connectivity index (χ2n) is 3.92. The summed E-state index contributed by atoms with van der Waals surface area (Å²) in [5, 5.41) is 22.9. The second kappa shape index (κ2) is 13.4. The Morgan fingerprint density at radius 2 is 1.27 bits per heavy atom. The number of nitrogens with zero attached hydrogens (tertiary/aromatic N) is 2. The molecule has 0 radical (unpaired) electrons. The van der Waals surface area contributed by atoms with Crippen LogP contribution in [0.5, 0.6) is 0 Å². The van der Waals surface area contributed by atoms with E-state index in [9.17, 15) is 9.59 Å². The van der Waals surface area contributed by atoms with E-state index in [0.29, 0.717) is 37.4 Å². The van der Waals surface area contributed by atoms with Gasteiger partial charge in [0, 0.05) is 0 Å². The van der Waals surface area contributed by atoms with Crippen LogP contribution in [0.3, 0.4) is 0 Å². The molecule has 0 bridgehead atoms. The molecule has 0 aromatic heterocycles. The fourth-order valence-electron chi connectivity index (χ4n) is 1.06. The molecule has 12 heteroatoms. The third-order valence-corrected chi connectivity index (χ3v) is 4.44. The number of aliphatic carboxylic acids is 2. The highest BCUT2D eigenvalue weighted by Gasteiger charge is 2.18. The minimum Gasteiger partial charge on any atom is -0.479 e. The predicted molar refractivity (Wildman–Crippen MR) is 86.2 cm³/mol. The van der Waals surface area contributed by atoms with E-state index in [0.717, 1.165) is 23.5 Å². The van der Waals surface area contributed by atoms with Crippen LogP contribution in [-0.4, -0.2) is 57.5 Å². The van der Waals surface area contributed by atoms with E-state index in [1.165, 1.54) is 0 Å². The number of carbonyl (C=O) groups is 2. The molecular weight excluding hydrogens is 332 g/mol. The van der Waals surface area contributed by atoms with Crippen LogP contribution >= 0.6 is 23.5 Å². The average molecular weight is 354 g/mol. The first kappa shape index (κ1) is 20.8. The molecule has 8 N–H and O–H groups in total. The molecule has 0 amide bonds. The number of nitrogens with one attached hydrogen (secondary N) is 2. The van der Waals surface area contributed by atoms with Gasteiger partial charge >= 0.3 is 11.9 Å². The number of thioether (sulfide) groups is 2. The fraction of sp³-hybridized carbons (Fsp3) is 0.800. The van der Waals surface area contributed by atoms with E-state index in [4.69, 9.17) is 21.7 Å². The molecule has 0 rings (SSSR count). The van der Waals surface area contributed by atoms with Gasteiger partial charge in [-0.2, -0.15) is 0 Å². The number of hydrogen-bond donors (Lipinski definition) is 6. The molecule has 0 saturated heterocycles. The van der Waals surface area contributed by atoms with E-state index in [1.807, 2.05) is 0 Å². The van der Waals surface area contributed by atoms with Crippen molar-refractivity contribution in [2.24, 2.45) is 21.9 Å².